The van der Waals surface area contributed by atoms with Crippen molar-refractivity contribution in [2.75, 3.05) is 0 Å². The van der Waals surface area contributed by atoms with Gasteiger partial charge in [-0.05, 0) is 38.4 Å². The summed E-state index contributed by atoms with van der Waals surface area (Å²) >= 11 is 9.34. The summed E-state index contributed by atoms with van der Waals surface area (Å²) in [6.45, 7) is 0. The second kappa shape index (κ2) is 5.12. The SMILES string of the molecule is O=c1[nH]cnc2c(Br)c(N=c3ssnc3Cl)ccc12. The van der Waals surface area contributed by atoms with Gasteiger partial charge in [-0.1, -0.05) is 11.6 Å². The van der Waals surface area contributed by atoms with Gasteiger partial charge in [0.05, 0.1) is 27.4 Å². The van der Waals surface area contributed by atoms with Crippen molar-refractivity contribution in [1.82, 2.24) is 14.3 Å². The minimum atomic E-state index is -0.185. The Hall–Kier alpha value is -1.09. The molecule has 0 spiro atoms. The number of nitrogens with one attached hydrogen (secondary N) is 1. The largest absolute Gasteiger partial charge is 0.313 e. The molecule has 19 heavy (non-hydrogen) atoms. The summed E-state index contributed by atoms with van der Waals surface area (Å²) in [6.07, 6.45) is 1.36. The lowest BCUT2D eigenvalue weighted by atomic mass is 10.2. The van der Waals surface area contributed by atoms with Crippen molar-refractivity contribution in [3.63, 3.8) is 0 Å². The van der Waals surface area contributed by atoms with E-state index in [9.17, 15) is 4.79 Å². The van der Waals surface area contributed by atoms with Crippen molar-refractivity contribution in [2.45, 2.75) is 0 Å². The number of fused-ring (bicyclic) bond motifs is 1. The van der Waals surface area contributed by atoms with Gasteiger partial charge >= 0.3 is 0 Å². The Morgan fingerprint density at radius 1 is 1.42 bits per heavy atom. The monoisotopic (exact) mass is 374 g/mol. The summed E-state index contributed by atoms with van der Waals surface area (Å²) < 4.78 is 5.26. The fraction of sp³-hybridized carbons (Fsp3) is 0. The van der Waals surface area contributed by atoms with E-state index in [0.29, 0.717) is 30.9 Å². The molecular weight excluding hydrogens is 372 g/mol. The number of benzene rings is 1. The minimum Gasteiger partial charge on any atom is -0.313 e. The van der Waals surface area contributed by atoms with Crippen molar-refractivity contribution in [1.29, 1.82) is 0 Å². The number of aromatic amines is 1. The first kappa shape index (κ1) is 12.9. The van der Waals surface area contributed by atoms with E-state index in [2.05, 4.69) is 35.3 Å². The van der Waals surface area contributed by atoms with Crippen LogP contribution in [-0.2, 0) is 0 Å². The molecule has 3 aromatic rings. The third kappa shape index (κ3) is 2.36. The van der Waals surface area contributed by atoms with Gasteiger partial charge in [0.2, 0.25) is 0 Å². The summed E-state index contributed by atoms with van der Waals surface area (Å²) in [4.78, 5) is 22.7. The van der Waals surface area contributed by atoms with Crippen LogP contribution in [0.3, 0.4) is 0 Å². The molecule has 0 aliphatic heterocycles. The maximum absolute atomic E-state index is 11.6. The quantitative estimate of drug-likeness (QED) is 0.664. The number of H-pyrrole nitrogens is 1. The van der Waals surface area contributed by atoms with Crippen LogP contribution in [0.25, 0.3) is 10.9 Å². The Labute approximate surface area is 127 Å². The van der Waals surface area contributed by atoms with Gasteiger partial charge in [-0.2, -0.15) is 4.37 Å². The van der Waals surface area contributed by atoms with Crippen LogP contribution in [0.15, 0.2) is 32.7 Å². The molecule has 0 saturated carbocycles. The summed E-state index contributed by atoms with van der Waals surface area (Å²) in [6, 6.07) is 3.42. The highest BCUT2D eigenvalue weighted by Crippen LogP contribution is 2.30. The van der Waals surface area contributed by atoms with Gasteiger partial charge in [-0.3, -0.25) is 4.79 Å². The predicted molar refractivity (Wildman–Crippen MR) is 80.3 cm³/mol. The van der Waals surface area contributed by atoms with Crippen LogP contribution in [0.1, 0.15) is 0 Å². The number of nitrogens with zero attached hydrogens (tertiary/aromatic N) is 3. The second-order valence-electron chi connectivity index (χ2n) is 3.48. The standard InChI is InChI=1S/C10H4BrClN4OS2/c11-6-5(15-10-8(12)16-19-18-10)2-1-4-7(6)13-3-14-9(4)17/h1-3H,(H,13,14,17). The third-order valence-corrected chi connectivity index (χ3v) is 5.31. The van der Waals surface area contributed by atoms with Gasteiger partial charge in [-0.25, -0.2) is 9.98 Å². The van der Waals surface area contributed by atoms with E-state index in [1.54, 1.807) is 12.1 Å². The van der Waals surface area contributed by atoms with Crippen LogP contribution < -0.4 is 10.2 Å². The Balaban J connectivity index is 2.31. The molecule has 9 heteroatoms. The van der Waals surface area contributed by atoms with Gasteiger partial charge in [0.15, 0.2) is 9.82 Å². The molecule has 3 rings (SSSR count). The van der Waals surface area contributed by atoms with Crippen LogP contribution in [0.4, 0.5) is 5.69 Å². The molecule has 1 N–H and O–H groups in total. The number of hydrogen-bond donors (Lipinski definition) is 1. The van der Waals surface area contributed by atoms with Crippen LogP contribution in [0.5, 0.6) is 0 Å². The summed E-state index contributed by atoms with van der Waals surface area (Å²) in [7, 11) is 2.66. The molecule has 0 fully saturated rings. The molecule has 1 aromatic carbocycles. The third-order valence-electron chi connectivity index (χ3n) is 2.36. The van der Waals surface area contributed by atoms with E-state index < -0.39 is 0 Å². The first-order valence-corrected chi connectivity index (χ1v) is 8.27. The Bertz CT molecular complexity index is 885. The fourth-order valence-electron chi connectivity index (χ4n) is 1.52. The number of rotatable bonds is 1. The molecule has 0 aliphatic carbocycles. The lowest BCUT2D eigenvalue weighted by Crippen LogP contribution is -2.06. The Kier molecular flexibility index (Phi) is 3.48. The molecule has 5 nitrogen and oxygen atoms in total. The highest BCUT2D eigenvalue weighted by atomic mass is 79.9. The van der Waals surface area contributed by atoms with Crippen molar-refractivity contribution >= 4 is 65.0 Å². The van der Waals surface area contributed by atoms with E-state index in [-0.39, 0.29) is 5.56 Å². The van der Waals surface area contributed by atoms with Crippen LogP contribution in [0, 0.1) is 0 Å². The summed E-state index contributed by atoms with van der Waals surface area (Å²) in [5.74, 6) is 0. The zero-order chi connectivity index (χ0) is 13.4. The van der Waals surface area contributed by atoms with Gasteiger partial charge in [0.25, 0.3) is 5.56 Å². The topological polar surface area (TPSA) is 71.0 Å². The molecular formula is C10H4BrClN4OS2. The number of halogens is 2. The minimum absolute atomic E-state index is 0.185. The van der Waals surface area contributed by atoms with Crippen LogP contribution in [0.2, 0.25) is 5.15 Å². The van der Waals surface area contributed by atoms with E-state index in [0.717, 1.165) is 0 Å². The van der Waals surface area contributed by atoms with Crippen LogP contribution in [-0.4, -0.2) is 14.3 Å². The number of hydrogen-bond acceptors (Lipinski definition) is 6. The Morgan fingerprint density at radius 3 is 3.00 bits per heavy atom. The molecule has 2 heterocycles. The molecule has 0 aliphatic rings. The molecule has 0 unspecified atom stereocenters. The van der Waals surface area contributed by atoms with Crippen molar-refractivity contribution < 1.29 is 0 Å². The molecule has 0 amide bonds. The first-order chi connectivity index (χ1) is 9.16. The van der Waals surface area contributed by atoms with Gasteiger partial charge in [0, 0.05) is 10.5 Å². The number of aromatic nitrogens is 3. The maximum Gasteiger partial charge on any atom is 0.258 e. The lowest BCUT2D eigenvalue weighted by Gasteiger charge is -2.01. The van der Waals surface area contributed by atoms with Crippen molar-refractivity contribution in [3.05, 3.63) is 43.1 Å². The fourth-order valence-corrected chi connectivity index (χ4v) is 4.04. The van der Waals surface area contributed by atoms with Crippen molar-refractivity contribution in [2.24, 2.45) is 4.99 Å². The molecule has 96 valence electrons. The predicted octanol–water partition coefficient (Wildman–Crippen LogP) is 3.09. The zero-order valence-corrected chi connectivity index (χ0v) is 13.0. The van der Waals surface area contributed by atoms with E-state index >= 15 is 0 Å². The normalized spacial score (nSPS) is 12.2. The molecule has 0 atom stereocenters. The molecule has 0 saturated heterocycles. The smallest absolute Gasteiger partial charge is 0.258 e. The van der Waals surface area contributed by atoms with E-state index in [1.165, 1.54) is 27.2 Å². The van der Waals surface area contributed by atoms with Gasteiger partial charge < -0.3 is 4.98 Å². The van der Waals surface area contributed by atoms with E-state index in [1.807, 2.05) is 0 Å². The molecule has 0 bridgehead atoms. The highest BCUT2D eigenvalue weighted by Gasteiger charge is 2.08. The average molecular weight is 376 g/mol. The van der Waals surface area contributed by atoms with E-state index in [4.69, 9.17) is 11.6 Å². The van der Waals surface area contributed by atoms with Crippen molar-refractivity contribution in [3.8, 4) is 0 Å². The summed E-state index contributed by atoms with van der Waals surface area (Å²) in [5.41, 5.74) is 1.04. The average Bonchev–Trinajstić information content (AvgIpc) is 2.79. The highest BCUT2D eigenvalue weighted by molar-refractivity contribution is 9.10. The Morgan fingerprint density at radius 2 is 2.26 bits per heavy atom. The lowest BCUT2D eigenvalue weighted by molar-refractivity contribution is 1.17. The van der Waals surface area contributed by atoms with Crippen LogP contribution >= 0.6 is 48.4 Å². The zero-order valence-electron chi connectivity index (χ0n) is 9.05. The van der Waals surface area contributed by atoms with Gasteiger partial charge in [-0.15, -0.1) is 0 Å². The first-order valence-electron chi connectivity index (χ1n) is 4.99. The molecule has 0 radical (unpaired) electrons. The van der Waals surface area contributed by atoms with Gasteiger partial charge in [0.1, 0.15) is 0 Å². The maximum atomic E-state index is 11.6. The second-order valence-corrected chi connectivity index (χ2v) is 6.47. The molecule has 2 aromatic heterocycles. The summed E-state index contributed by atoms with van der Waals surface area (Å²) in [5, 5.41) is 0.882.